The molecule has 0 bridgehead atoms. The van der Waals surface area contributed by atoms with Gasteiger partial charge in [0.25, 0.3) is 0 Å². The summed E-state index contributed by atoms with van der Waals surface area (Å²) in [6.07, 6.45) is 4.69. The topological polar surface area (TPSA) is 168 Å². The number of aromatic carboxylic acids is 4. The molecule has 0 fully saturated rings. The lowest BCUT2D eigenvalue weighted by atomic mass is 10.1. The highest BCUT2D eigenvalue weighted by molar-refractivity contribution is 6.02. The summed E-state index contributed by atoms with van der Waals surface area (Å²) >= 11 is 0. The van der Waals surface area contributed by atoms with Crippen LogP contribution in [0.2, 0.25) is 0 Å². The molecule has 32 heavy (non-hydrogen) atoms. The quantitative estimate of drug-likeness (QED) is 0.478. The van der Waals surface area contributed by atoms with Crippen LogP contribution in [0.4, 0.5) is 0 Å². The average Bonchev–Trinajstić information content (AvgIpc) is 2.74. The monoisotopic (exact) mass is 440 g/mol. The zero-order valence-corrected chi connectivity index (χ0v) is 16.2. The number of benzene rings is 2. The molecule has 2 aromatic rings. The first kappa shape index (κ1) is 22.1. The molecule has 0 aromatic heterocycles. The second kappa shape index (κ2) is 9.04. The third-order valence-electron chi connectivity index (χ3n) is 4.45. The molecule has 0 aliphatic heterocycles. The van der Waals surface area contributed by atoms with Gasteiger partial charge in [-0.25, -0.2) is 19.2 Å². The molecule has 10 nitrogen and oxygen atoms in total. The Morgan fingerprint density at radius 3 is 1.69 bits per heavy atom. The number of rotatable bonds is 8. The molecule has 4 N–H and O–H groups in total. The molecule has 2 aromatic carbocycles. The maximum atomic E-state index is 11.3. The molecule has 164 valence electrons. The maximum Gasteiger partial charge on any atom is 0.336 e. The van der Waals surface area contributed by atoms with Gasteiger partial charge < -0.3 is 29.9 Å². The lowest BCUT2D eigenvalue weighted by Crippen LogP contribution is -2.17. The molecule has 10 heteroatoms. The average molecular weight is 440 g/mol. The number of carboxylic acid groups (broad SMARTS) is 4. The number of allylic oxidation sites excluding steroid dienone is 1. The number of carboxylic acids is 4. The van der Waals surface area contributed by atoms with Crippen molar-refractivity contribution < 1.29 is 49.1 Å². The van der Waals surface area contributed by atoms with Crippen LogP contribution >= 0.6 is 0 Å². The molecule has 0 heterocycles. The largest absolute Gasteiger partial charge is 0.486 e. The highest BCUT2D eigenvalue weighted by Crippen LogP contribution is 2.25. The van der Waals surface area contributed by atoms with E-state index < -0.39 is 41.1 Å². The zero-order valence-electron chi connectivity index (χ0n) is 16.2. The fourth-order valence-corrected chi connectivity index (χ4v) is 2.97. The van der Waals surface area contributed by atoms with E-state index >= 15 is 0 Å². The lowest BCUT2D eigenvalue weighted by Gasteiger charge is -2.19. The molecule has 0 spiro atoms. The Bertz CT molecular complexity index is 1180. The van der Waals surface area contributed by atoms with Gasteiger partial charge in [-0.2, -0.15) is 0 Å². The third kappa shape index (κ3) is 4.93. The van der Waals surface area contributed by atoms with Crippen molar-refractivity contribution in [3.8, 4) is 11.5 Å². The fraction of sp³-hybridized carbons (Fsp3) is 0.0909. The van der Waals surface area contributed by atoms with E-state index in [1.165, 1.54) is 12.1 Å². The molecule has 1 aliphatic carbocycles. The molecule has 1 aliphatic rings. The van der Waals surface area contributed by atoms with E-state index in [9.17, 15) is 29.4 Å². The van der Waals surface area contributed by atoms with E-state index in [1.807, 2.05) is 0 Å². The van der Waals surface area contributed by atoms with E-state index in [-0.39, 0.29) is 22.6 Å². The Labute approximate surface area is 180 Å². The lowest BCUT2D eigenvalue weighted by molar-refractivity contribution is 0.0651. The van der Waals surface area contributed by atoms with Gasteiger partial charge in [-0.15, -0.1) is 0 Å². The van der Waals surface area contributed by atoms with Gasteiger partial charge in [0.1, 0.15) is 23.4 Å². The molecule has 0 amide bonds. The van der Waals surface area contributed by atoms with E-state index in [0.717, 1.165) is 24.3 Å². The second-order valence-electron chi connectivity index (χ2n) is 6.60. The number of ether oxygens (including phenoxy) is 2. The van der Waals surface area contributed by atoms with Crippen LogP contribution in [0.15, 0.2) is 60.4 Å². The number of carbonyl (C=O) groups is 4. The van der Waals surface area contributed by atoms with Gasteiger partial charge in [-0.3, -0.25) is 0 Å². The van der Waals surface area contributed by atoms with Gasteiger partial charge in [-0.05, 0) is 54.6 Å². The van der Waals surface area contributed by atoms with Crippen LogP contribution in [0.1, 0.15) is 47.9 Å². The Kier molecular flexibility index (Phi) is 6.24. The molecule has 1 unspecified atom stereocenters. The van der Waals surface area contributed by atoms with Gasteiger partial charge in [0.2, 0.25) is 0 Å². The summed E-state index contributed by atoms with van der Waals surface area (Å²) < 4.78 is 11.3. The van der Waals surface area contributed by atoms with Crippen molar-refractivity contribution in [2.45, 2.75) is 12.5 Å². The first-order chi connectivity index (χ1) is 15.2. The van der Waals surface area contributed by atoms with Crippen molar-refractivity contribution in [3.05, 3.63) is 82.6 Å². The smallest absolute Gasteiger partial charge is 0.336 e. The third-order valence-corrected chi connectivity index (χ3v) is 4.45. The minimum atomic E-state index is -1.40. The van der Waals surface area contributed by atoms with Crippen LogP contribution in [0.25, 0.3) is 0 Å². The summed E-state index contributed by atoms with van der Waals surface area (Å²) in [6.45, 7) is 0. The molecule has 1 atom stereocenters. The van der Waals surface area contributed by atoms with Crippen LogP contribution in [-0.4, -0.2) is 50.4 Å². The minimum absolute atomic E-state index is 0.137. The summed E-state index contributed by atoms with van der Waals surface area (Å²) in [6, 6.07) is 7.23. The minimum Gasteiger partial charge on any atom is -0.486 e. The molecule has 0 saturated heterocycles. The van der Waals surface area contributed by atoms with Crippen molar-refractivity contribution in [1.29, 1.82) is 0 Å². The van der Waals surface area contributed by atoms with E-state index in [2.05, 4.69) is 0 Å². The Hall–Kier alpha value is -4.60. The maximum absolute atomic E-state index is 11.3. The summed E-state index contributed by atoms with van der Waals surface area (Å²) in [5.41, 5.74) is -1.51. The van der Waals surface area contributed by atoms with Crippen LogP contribution in [0.5, 0.6) is 11.5 Å². The molecular formula is C22H16O10. The summed E-state index contributed by atoms with van der Waals surface area (Å²) in [5, 5.41) is 36.5. The Balaban J connectivity index is 1.69. The van der Waals surface area contributed by atoms with Crippen molar-refractivity contribution in [1.82, 2.24) is 0 Å². The van der Waals surface area contributed by atoms with Gasteiger partial charge in [0, 0.05) is 6.42 Å². The van der Waals surface area contributed by atoms with Crippen molar-refractivity contribution in [3.63, 3.8) is 0 Å². The molecule has 0 saturated carbocycles. The van der Waals surface area contributed by atoms with Crippen LogP contribution in [0, 0.1) is 0 Å². The fourth-order valence-electron chi connectivity index (χ4n) is 2.97. The SMILES string of the molecule is O=C(O)c1ccc(OC2=CCC(Oc3ccc(C(=O)O)c(C(=O)O)c3)C=C2)cc1C(=O)O. The van der Waals surface area contributed by atoms with Crippen LogP contribution in [0.3, 0.4) is 0 Å². The van der Waals surface area contributed by atoms with E-state index in [4.69, 9.17) is 19.7 Å². The van der Waals surface area contributed by atoms with Crippen LogP contribution in [-0.2, 0) is 0 Å². The predicted molar refractivity (Wildman–Crippen MR) is 108 cm³/mol. The van der Waals surface area contributed by atoms with Crippen molar-refractivity contribution in [2.24, 2.45) is 0 Å². The first-order valence-corrected chi connectivity index (χ1v) is 9.10. The van der Waals surface area contributed by atoms with Crippen molar-refractivity contribution in [2.75, 3.05) is 0 Å². The summed E-state index contributed by atoms with van der Waals surface area (Å²) in [5.74, 6) is -4.84. The number of hydrogen-bond donors (Lipinski definition) is 4. The van der Waals surface area contributed by atoms with Gasteiger partial charge >= 0.3 is 23.9 Å². The highest BCUT2D eigenvalue weighted by Gasteiger charge is 2.20. The molecular weight excluding hydrogens is 424 g/mol. The van der Waals surface area contributed by atoms with Crippen molar-refractivity contribution >= 4 is 23.9 Å². The summed E-state index contributed by atoms with van der Waals surface area (Å²) in [7, 11) is 0. The van der Waals surface area contributed by atoms with Crippen LogP contribution < -0.4 is 9.47 Å². The standard InChI is InChI=1S/C22H16O10/c23-19(24)15-7-5-13(9-17(15)21(27)28)31-11-1-2-12(4-3-11)32-14-6-8-16(20(25)26)18(10-14)22(29)30/h1-3,5-10,12H,4H2,(H,23,24)(H,25,26)(H,27,28)(H,29,30). The van der Waals surface area contributed by atoms with Gasteiger partial charge in [-0.1, -0.05) is 0 Å². The molecule has 3 rings (SSSR count). The highest BCUT2D eigenvalue weighted by atomic mass is 16.5. The normalized spacial score (nSPS) is 14.9. The van der Waals surface area contributed by atoms with E-state index in [1.54, 1.807) is 18.2 Å². The van der Waals surface area contributed by atoms with E-state index in [0.29, 0.717) is 12.2 Å². The second-order valence-corrected chi connectivity index (χ2v) is 6.60. The molecule has 0 radical (unpaired) electrons. The predicted octanol–water partition coefficient (Wildman–Crippen LogP) is 3.15. The summed E-state index contributed by atoms with van der Waals surface area (Å²) in [4.78, 5) is 44.8. The first-order valence-electron chi connectivity index (χ1n) is 9.10. The Morgan fingerprint density at radius 1 is 0.719 bits per heavy atom. The van der Waals surface area contributed by atoms with Gasteiger partial charge in [0.05, 0.1) is 22.3 Å². The van der Waals surface area contributed by atoms with Gasteiger partial charge in [0.15, 0.2) is 0 Å². The number of hydrogen-bond acceptors (Lipinski definition) is 6. The Morgan fingerprint density at radius 2 is 1.22 bits per heavy atom. The zero-order chi connectivity index (χ0) is 23.4.